The van der Waals surface area contributed by atoms with Crippen LogP contribution in [0.2, 0.25) is 5.02 Å². The van der Waals surface area contributed by atoms with Gasteiger partial charge in [0.05, 0.1) is 36.9 Å². The van der Waals surface area contributed by atoms with Crippen molar-refractivity contribution in [2.45, 2.75) is 63.6 Å². The van der Waals surface area contributed by atoms with E-state index in [0.717, 1.165) is 47.0 Å². The summed E-state index contributed by atoms with van der Waals surface area (Å²) in [5.74, 6) is 0.0896. The number of hydrogen-bond donors (Lipinski definition) is 0. The first kappa shape index (κ1) is 29.5. The number of nitrogens with zero attached hydrogens (tertiary/aromatic N) is 6. The Hall–Kier alpha value is -3.52. The summed E-state index contributed by atoms with van der Waals surface area (Å²) in [6, 6.07) is 14.3. The molecule has 4 atom stereocenters. The van der Waals surface area contributed by atoms with Gasteiger partial charge < -0.3 is 24.2 Å². The Bertz CT molecular complexity index is 1540. The maximum Gasteiger partial charge on any atom is 0.318 e. The number of nitriles is 1. The molecule has 1 aromatic heterocycles. The van der Waals surface area contributed by atoms with Crippen LogP contribution in [0.15, 0.2) is 36.4 Å². The molecule has 3 aromatic rings. The Labute approximate surface area is 256 Å². The largest absolute Gasteiger partial charge is 0.462 e. The number of benzene rings is 2. The van der Waals surface area contributed by atoms with Crippen molar-refractivity contribution in [3.63, 3.8) is 0 Å². The van der Waals surface area contributed by atoms with Crippen molar-refractivity contribution in [3.8, 4) is 12.1 Å². The third kappa shape index (κ3) is 5.99. The number of likely N-dealkylation sites (tertiary alicyclic amines) is 1. The smallest absolute Gasteiger partial charge is 0.318 e. The Kier molecular flexibility index (Phi) is 8.66. The first-order valence-electron chi connectivity index (χ1n) is 14.9. The van der Waals surface area contributed by atoms with Crippen molar-refractivity contribution >= 4 is 34.1 Å². The molecule has 6 rings (SSSR count). The van der Waals surface area contributed by atoms with Gasteiger partial charge in [0.25, 0.3) is 5.91 Å². The first-order valence-corrected chi connectivity index (χ1v) is 15.3. The quantitative estimate of drug-likeness (QED) is 0.376. The number of carbonyl (C=O) groups is 1. The molecule has 3 aliphatic heterocycles. The van der Waals surface area contributed by atoms with Crippen LogP contribution >= 0.6 is 11.6 Å². The van der Waals surface area contributed by atoms with E-state index in [4.69, 9.17) is 31.0 Å². The predicted molar refractivity (Wildman–Crippen MR) is 162 cm³/mol. The SMILES string of the molecule is C[C@H](F)C(=O)N1CCN(c2nc(OC[C@@H]3CCCN3C)nc3c2COC(c2cccc4cccc(Cl)c24)C3)C[C@@H]1CC#N. The van der Waals surface area contributed by atoms with Crippen molar-refractivity contribution in [3.05, 3.63) is 58.2 Å². The second kappa shape index (κ2) is 12.6. The Balaban J connectivity index is 1.33. The molecule has 9 nitrogen and oxygen atoms in total. The number of fused-ring (bicyclic) bond motifs is 2. The lowest BCUT2D eigenvalue weighted by molar-refractivity contribution is -0.138. The number of halogens is 2. The second-order valence-corrected chi connectivity index (χ2v) is 12.0. The molecule has 0 aliphatic carbocycles. The Morgan fingerprint density at radius 1 is 1.21 bits per heavy atom. The highest BCUT2D eigenvalue weighted by Gasteiger charge is 2.36. The zero-order chi connectivity index (χ0) is 30.1. The molecule has 1 unspecified atom stereocenters. The van der Waals surface area contributed by atoms with E-state index in [1.165, 1.54) is 11.8 Å². The van der Waals surface area contributed by atoms with Gasteiger partial charge in [0.1, 0.15) is 12.4 Å². The molecule has 11 heteroatoms. The topological polar surface area (TPSA) is 94.8 Å². The van der Waals surface area contributed by atoms with Crippen molar-refractivity contribution in [2.75, 3.05) is 44.7 Å². The highest BCUT2D eigenvalue weighted by atomic mass is 35.5. The van der Waals surface area contributed by atoms with Crippen LogP contribution in [0.5, 0.6) is 6.01 Å². The molecule has 3 aliphatic rings. The molecule has 226 valence electrons. The molecular weight excluding hydrogens is 571 g/mol. The number of hydrogen-bond acceptors (Lipinski definition) is 8. The summed E-state index contributed by atoms with van der Waals surface area (Å²) in [5, 5.41) is 12.2. The van der Waals surface area contributed by atoms with Crippen LogP contribution < -0.4 is 9.64 Å². The molecule has 43 heavy (non-hydrogen) atoms. The van der Waals surface area contributed by atoms with Crippen LogP contribution in [0.25, 0.3) is 10.8 Å². The highest BCUT2D eigenvalue weighted by molar-refractivity contribution is 6.35. The van der Waals surface area contributed by atoms with Gasteiger partial charge in [-0.3, -0.25) is 4.79 Å². The number of rotatable bonds is 7. The van der Waals surface area contributed by atoms with Gasteiger partial charge in [-0.15, -0.1) is 0 Å². The van der Waals surface area contributed by atoms with Crippen LogP contribution in [0.1, 0.15) is 49.1 Å². The van der Waals surface area contributed by atoms with Crippen LogP contribution in [0, 0.1) is 11.3 Å². The van der Waals surface area contributed by atoms with Crippen LogP contribution in [0.3, 0.4) is 0 Å². The van der Waals surface area contributed by atoms with Gasteiger partial charge >= 0.3 is 6.01 Å². The molecule has 0 spiro atoms. The first-order chi connectivity index (χ1) is 20.8. The minimum absolute atomic E-state index is 0.0972. The van der Waals surface area contributed by atoms with E-state index in [-0.39, 0.29) is 19.1 Å². The summed E-state index contributed by atoms with van der Waals surface area (Å²) in [7, 11) is 2.10. The van der Waals surface area contributed by atoms with Crippen LogP contribution in [-0.4, -0.2) is 83.8 Å². The number of ether oxygens (including phenoxy) is 2. The lowest BCUT2D eigenvalue weighted by atomic mass is 9.94. The van der Waals surface area contributed by atoms with Gasteiger partial charge in [-0.2, -0.15) is 15.2 Å². The lowest BCUT2D eigenvalue weighted by Gasteiger charge is -2.42. The molecule has 2 saturated heterocycles. The van der Waals surface area contributed by atoms with E-state index in [0.29, 0.717) is 55.6 Å². The van der Waals surface area contributed by atoms with E-state index in [9.17, 15) is 14.4 Å². The zero-order valence-corrected chi connectivity index (χ0v) is 25.3. The molecule has 2 fully saturated rings. The number of aromatic nitrogens is 2. The average molecular weight is 607 g/mol. The highest BCUT2D eigenvalue weighted by Crippen LogP contribution is 2.39. The summed E-state index contributed by atoms with van der Waals surface area (Å²) < 4.78 is 26.7. The molecule has 0 bridgehead atoms. The fourth-order valence-corrected chi connectivity index (χ4v) is 6.85. The standard InChI is InChI=1S/C32H36ClFN6O3/c1-20(34)31(41)40-15-14-39(17-22(40)11-12-35)30-25-19-42-28(24-9-3-6-21-7-4-10-26(33)29(21)24)16-27(25)36-32(37-30)43-18-23-8-5-13-38(23)2/h3-4,6-7,9-10,20,22-23,28H,5,8,11,13-19H2,1-2H3/t20-,22-,23-,28?/m0/s1. The Morgan fingerprint density at radius 3 is 2.77 bits per heavy atom. The number of likely N-dealkylation sites (N-methyl/N-ethyl adjacent to an activating group) is 1. The molecule has 2 aromatic carbocycles. The fraction of sp³-hybridized carbons (Fsp3) is 0.500. The van der Waals surface area contributed by atoms with Crippen LogP contribution in [0.4, 0.5) is 10.2 Å². The number of alkyl halides is 1. The maximum absolute atomic E-state index is 14.0. The van der Waals surface area contributed by atoms with E-state index < -0.39 is 18.1 Å². The fourth-order valence-electron chi connectivity index (χ4n) is 6.55. The third-order valence-corrected chi connectivity index (χ3v) is 9.21. The minimum Gasteiger partial charge on any atom is -0.462 e. The molecule has 1 amide bonds. The van der Waals surface area contributed by atoms with Crippen molar-refractivity contribution in [1.29, 1.82) is 5.26 Å². The van der Waals surface area contributed by atoms with Crippen molar-refractivity contribution < 1.29 is 18.7 Å². The monoisotopic (exact) mass is 606 g/mol. The molecule has 0 N–H and O–H groups in total. The average Bonchev–Trinajstić information content (AvgIpc) is 3.43. The van der Waals surface area contributed by atoms with Gasteiger partial charge in [-0.05, 0) is 50.4 Å². The molecule has 0 saturated carbocycles. The van der Waals surface area contributed by atoms with Gasteiger partial charge in [-0.1, -0.05) is 41.9 Å². The van der Waals surface area contributed by atoms with Crippen LogP contribution in [-0.2, 0) is 22.6 Å². The number of anilines is 1. The summed E-state index contributed by atoms with van der Waals surface area (Å²) >= 11 is 6.66. The van der Waals surface area contributed by atoms with Gasteiger partial charge in [-0.25, -0.2) is 4.39 Å². The number of carbonyl (C=O) groups excluding carboxylic acids is 1. The second-order valence-electron chi connectivity index (χ2n) is 11.6. The summed E-state index contributed by atoms with van der Waals surface area (Å²) in [4.78, 5) is 28.2. The van der Waals surface area contributed by atoms with Crippen molar-refractivity contribution in [2.24, 2.45) is 0 Å². The van der Waals surface area contributed by atoms with Crippen molar-refractivity contribution in [1.82, 2.24) is 19.8 Å². The number of amides is 1. The zero-order valence-electron chi connectivity index (χ0n) is 24.5. The van der Waals surface area contributed by atoms with Gasteiger partial charge in [0.15, 0.2) is 6.17 Å². The minimum atomic E-state index is -1.62. The maximum atomic E-state index is 14.0. The predicted octanol–water partition coefficient (Wildman–Crippen LogP) is 4.86. The van der Waals surface area contributed by atoms with E-state index in [1.54, 1.807) is 0 Å². The van der Waals surface area contributed by atoms with Gasteiger partial charge in [0.2, 0.25) is 0 Å². The van der Waals surface area contributed by atoms with Gasteiger partial charge in [0, 0.05) is 48.1 Å². The normalized spacial score (nSPS) is 23.2. The summed E-state index contributed by atoms with van der Waals surface area (Å²) in [5.41, 5.74) is 2.71. The Morgan fingerprint density at radius 2 is 2.02 bits per heavy atom. The van der Waals surface area contributed by atoms with E-state index in [1.807, 2.05) is 36.4 Å². The van der Waals surface area contributed by atoms with E-state index in [2.05, 4.69) is 22.9 Å². The molecular formula is C32H36ClFN6O3. The molecule has 4 heterocycles. The van der Waals surface area contributed by atoms with E-state index >= 15 is 0 Å². The lowest BCUT2D eigenvalue weighted by Crippen LogP contribution is -2.57. The summed E-state index contributed by atoms with van der Waals surface area (Å²) in [6.45, 7) is 4.13. The number of piperazine rings is 1. The third-order valence-electron chi connectivity index (χ3n) is 8.90. The summed E-state index contributed by atoms with van der Waals surface area (Å²) in [6.07, 6.45) is 0.911. The molecule has 0 radical (unpaired) electrons.